The van der Waals surface area contributed by atoms with Gasteiger partial charge in [0.2, 0.25) is 0 Å². The summed E-state index contributed by atoms with van der Waals surface area (Å²) in [5.74, 6) is 5.28. The van der Waals surface area contributed by atoms with Gasteiger partial charge in [-0.3, -0.25) is 0 Å². The summed E-state index contributed by atoms with van der Waals surface area (Å²) in [6, 6.07) is 58.9. The SMILES string of the molecule is c1ccc(-c2ccc(-c3ccc(N(c4ccc(-c5cccc(-c6ccccc6)c5)cc4)C4CCC(C5CCC(C6CCCC7C8CCCCC8OC67)CC5)CC4)cc3)cc2)cc1. The van der Waals surface area contributed by atoms with E-state index < -0.39 is 0 Å². The first-order chi connectivity index (χ1) is 30.7. The second-order valence-corrected chi connectivity index (χ2v) is 19.9. The summed E-state index contributed by atoms with van der Waals surface area (Å²) in [6.07, 6.45) is 22.1. The Balaban J connectivity index is 0.793. The van der Waals surface area contributed by atoms with Gasteiger partial charge in [0.25, 0.3) is 0 Å². The molecule has 2 nitrogen and oxygen atoms in total. The lowest BCUT2D eigenvalue weighted by Crippen LogP contribution is -2.40. The zero-order chi connectivity index (χ0) is 41.2. The topological polar surface area (TPSA) is 12.5 Å². The van der Waals surface area contributed by atoms with Gasteiger partial charge in [-0.15, -0.1) is 0 Å². The molecular formula is C60H65NO. The Morgan fingerprint density at radius 1 is 0.323 bits per heavy atom. The van der Waals surface area contributed by atoms with Gasteiger partial charge in [-0.05, 0) is 187 Å². The van der Waals surface area contributed by atoms with E-state index in [0.717, 1.165) is 35.5 Å². The highest BCUT2D eigenvalue weighted by molar-refractivity contribution is 5.76. The summed E-state index contributed by atoms with van der Waals surface area (Å²) in [6.45, 7) is 0. The molecule has 5 fully saturated rings. The second kappa shape index (κ2) is 18.1. The van der Waals surface area contributed by atoms with Crippen LogP contribution in [0, 0.1) is 35.5 Å². The normalized spacial score (nSPS) is 28.4. The molecule has 2 heteroatoms. The average Bonchev–Trinajstić information content (AvgIpc) is 3.75. The Bertz CT molecular complexity index is 2350. The van der Waals surface area contributed by atoms with Crippen LogP contribution in [0.4, 0.5) is 11.4 Å². The number of rotatable bonds is 9. The van der Waals surface area contributed by atoms with Crippen molar-refractivity contribution in [3.63, 3.8) is 0 Å². The number of hydrogen-bond acceptors (Lipinski definition) is 2. The largest absolute Gasteiger partial charge is 0.374 e. The third kappa shape index (κ3) is 8.21. The highest BCUT2D eigenvalue weighted by atomic mass is 16.5. The Kier molecular flexibility index (Phi) is 11.6. The summed E-state index contributed by atoms with van der Waals surface area (Å²) in [4.78, 5) is 2.69. The van der Waals surface area contributed by atoms with Crippen LogP contribution in [0.1, 0.15) is 96.3 Å². The van der Waals surface area contributed by atoms with Crippen molar-refractivity contribution in [2.45, 2.75) is 115 Å². The highest BCUT2D eigenvalue weighted by Gasteiger charge is 2.51. The molecule has 5 aliphatic rings. The monoisotopic (exact) mass is 816 g/mol. The van der Waals surface area contributed by atoms with E-state index in [1.807, 2.05) is 0 Å². The van der Waals surface area contributed by atoms with Gasteiger partial charge < -0.3 is 9.64 Å². The summed E-state index contributed by atoms with van der Waals surface area (Å²) in [5, 5.41) is 0. The summed E-state index contributed by atoms with van der Waals surface area (Å²) < 4.78 is 6.98. The molecule has 0 radical (unpaired) electrons. The molecule has 0 amide bonds. The predicted octanol–water partition coefficient (Wildman–Crippen LogP) is 16.2. The molecule has 0 aromatic heterocycles. The summed E-state index contributed by atoms with van der Waals surface area (Å²) in [5.41, 5.74) is 12.7. The third-order valence-electron chi connectivity index (χ3n) is 16.7. The van der Waals surface area contributed by atoms with Gasteiger partial charge in [0.1, 0.15) is 0 Å². The molecular weight excluding hydrogens is 751 g/mol. The Morgan fingerprint density at radius 3 is 1.32 bits per heavy atom. The first-order valence-electron chi connectivity index (χ1n) is 24.7. The molecule has 1 aliphatic heterocycles. The van der Waals surface area contributed by atoms with Gasteiger partial charge in [0.05, 0.1) is 12.2 Å². The van der Waals surface area contributed by atoms with Crippen molar-refractivity contribution in [3.05, 3.63) is 158 Å². The molecule has 0 bridgehead atoms. The van der Waals surface area contributed by atoms with Crippen LogP contribution in [0.2, 0.25) is 0 Å². The third-order valence-corrected chi connectivity index (χ3v) is 16.7. The molecule has 5 atom stereocenters. The van der Waals surface area contributed by atoms with Crippen molar-refractivity contribution in [1.82, 2.24) is 0 Å². The fourth-order valence-electron chi connectivity index (χ4n) is 13.5. The maximum Gasteiger partial charge on any atom is 0.0641 e. The van der Waals surface area contributed by atoms with E-state index in [1.165, 1.54) is 152 Å². The number of ether oxygens (including phenoxy) is 1. The lowest BCUT2D eigenvalue weighted by molar-refractivity contribution is -0.0501. The van der Waals surface area contributed by atoms with Crippen molar-refractivity contribution in [1.29, 1.82) is 0 Å². The summed E-state index contributed by atoms with van der Waals surface area (Å²) in [7, 11) is 0. The molecule has 5 unspecified atom stereocenters. The van der Waals surface area contributed by atoms with E-state index in [1.54, 1.807) is 0 Å². The van der Waals surface area contributed by atoms with Gasteiger partial charge in [0, 0.05) is 17.4 Å². The number of nitrogens with zero attached hydrogens (tertiary/aromatic N) is 1. The second-order valence-electron chi connectivity index (χ2n) is 19.9. The van der Waals surface area contributed by atoms with Gasteiger partial charge >= 0.3 is 0 Å². The number of anilines is 2. The van der Waals surface area contributed by atoms with E-state index >= 15 is 0 Å². The fraction of sp³-hybridized carbons (Fsp3) is 0.400. The minimum absolute atomic E-state index is 0.494. The van der Waals surface area contributed by atoms with Crippen LogP contribution in [0.3, 0.4) is 0 Å². The zero-order valence-electron chi connectivity index (χ0n) is 36.7. The molecule has 0 N–H and O–H groups in total. The molecule has 316 valence electrons. The number of hydrogen-bond donors (Lipinski definition) is 0. The predicted molar refractivity (Wildman–Crippen MR) is 259 cm³/mol. The number of benzene rings is 6. The molecule has 6 aromatic rings. The van der Waals surface area contributed by atoms with E-state index in [2.05, 4.69) is 163 Å². The van der Waals surface area contributed by atoms with Crippen LogP contribution >= 0.6 is 0 Å². The van der Waals surface area contributed by atoms with Crippen LogP contribution in [-0.4, -0.2) is 18.2 Å². The lowest BCUT2D eigenvalue weighted by Gasteiger charge is -2.45. The minimum atomic E-state index is 0.494. The first-order valence-corrected chi connectivity index (χ1v) is 24.7. The number of fused-ring (bicyclic) bond motifs is 3. The molecule has 11 rings (SSSR count). The smallest absolute Gasteiger partial charge is 0.0641 e. The quantitative estimate of drug-likeness (QED) is 0.144. The maximum atomic E-state index is 6.98. The average molecular weight is 816 g/mol. The molecule has 1 saturated heterocycles. The Morgan fingerprint density at radius 2 is 0.742 bits per heavy atom. The molecule has 4 aliphatic carbocycles. The van der Waals surface area contributed by atoms with E-state index in [4.69, 9.17) is 4.74 Å². The van der Waals surface area contributed by atoms with Gasteiger partial charge in [0.15, 0.2) is 0 Å². The van der Waals surface area contributed by atoms with E-state index in [0.29, 0.717) is 18.2 Å². The first kappa shape index (κ1) is 39.9. The highest BCUT2D eigenvalue weighted by Crippen LogP contribution is 2.54. The van der Waals surface area contributed by atoms with Crippen molar-refractivity contribution >= 4 is 11.4 Å². The Hall–Kier alpha value is -4.92. The Labute approximate surface area is 371 Å². The maximum absolute atomic E-state index is 6.98. The zero-order valence-corrected chi connectivity index (χ0v) is 36.7. The molecule has 1 heterocycles. The van der Waals surface area contributed by atoms with Crippen LogP contribution in [0.15, 0.2) is 158 Å². The molecule has 6 aromatic carbocycles. The summed E-state index contributed by atoms with van der Waals surface area (Å²) >= 11 is 0. The van der Waals surface area contributed by atoms with Crippen molar-refractivity contribution in [2.24, 2.45) is 35.5 Å². The molecule has 0 spiro atoms. The van der Waals surface area contributed by atoms with Crippen molar-refractivity contribution in [2.75, 3.05) is 4.90 Å². The van der Waals surface area contributed by atoms with Gasteiger partial charge in [-0.2, -0.15) is 0 Å². The standard InChI is InChI=1S/C60H65NO/c1-3-11-42(12-4-1)44-21-23-45(24-22-44)47-29-35-53(36-30-47)61(55-39-33-49(34-40-55)52-16-9-15-51(41-52)43-13-5-2-6-14-43)54-37-31-48(32-38-54)46-25-27-50(28-26-46)56-18-10-19-58-57-17-7-8-20-59(57)62-60(56)58/h1-6,9,11-16,21-24,29-30,33-36,39-41,46,48,50,54,56-60H,7-8,10,17-20,25-28,31-32,37-38H2. The van der Waals surface area contributed by atoms with Crippen LogP contribution in [0.25, 0.3) is 44.5 Å². The van der Waals surface area contributed by atoms with E-state index in [9.17, 15) is 0 Å². The van der Waals surface area contributed by atoms with Crippen LogP contribution in [-0.2, 0) is 4.74 Å². The minimum Gasteiger partial charge on any atom is -0.374 e. The lowest BCUT2D eigenvalue weighted by atomic mass is 9.62. The van der Waals surface area contributed by atoms with Crippen LogP contribution < -0.4 is 4.90 Å². The molecule has 62 heavy (non-hydrogen) atoms. The van der Waals surface area contributed by atoms with Crippen molar-refractivity contribution in [3.8, 4) is 44.5 Å². The van der Waals surface area contributed by atoms with Gasteiger partial charge in [-0.25, -0.2) is 0 Å². The van der Waals surface area contributed by atoms with Gasteiger partial charge in [-0.1, -0.05) is 147 Å². The molecule has 4 saturated carbocycles. The fourth-order valence-corrected chi connectivity index (χ4v) is 13.5. The van der Waals surface area contributed by atoms with E-state index in [-0.39, 0.29) is 0 Å². The van der Waals surface area contributed by atoms with Crippen molar-refractivity contribution < 1.29 is 4.74 Å². The van der Waals surface area contributed by atoms with Crippen LogP contribution in [0.5, 0.6) is 0 Å².